The number of alkyl carbamates (subject to hydrolysis) is 1. The van der Waals surface area contributed by atoms with E-state index in [0.29, 0.717) is 19.1 Å². The lowest BCUT2D eigenvalue weighted by Gasteiger charge is -2.19. The normalized spacial score (nSPS) is 15.9. The van der Waals surface area contributed by atoms with Gasteiger partial charge in [0.05, 0.1) is 6.54 Å². The standard InChI is InChI=1S/C13H26N4O2/c1-5-14-11(17-10-6-7-10)15-8-9-16-12(18)19-13(2,3)4/h10H,5-9H2,1-4H3,(H,16,18)(H2,14,15,17). The highest BCUT2D eigenvalue weighted by Crippen LogP contribution is 2.18. The topological polar surface area (TPSA) is 74.8 Å². The summed E-state index contributed by atoms with van der Waals surface area (Å²) in [7, 11) is 0. The van der Waals surface area contributed by atoms with Crippen LogP contribution in [0.25, 0.3) is 0 Å². The van der Waals surface area contributed by atoms with E-state index in [-0.39, 0.29) is 0 Å². The Bertz CT molecular complexity index is 319. The number of guanidine groups is 1. The molecule has 0 aromatic rings. The Morgan fingerprint density at radius 2 is 2.00 bits per heavy atom. The summed E-state index contributed by atoms with van der Waals surface area (Å²) in [5.74, 6) is 0.816. The number of carbonyl (C=O) groups is 1. The van der Waals surface area contributed by atoms with Crippen molar-refractivity contribution in [1.29, 1.82) is 0 Å². The second kappa shape index (κ2) is 7.21. The van der Waals surface area contributed by atoms with Gasteiger partial charge in [-0.05, 0) is 40.5 Å². The zero-order valence-electron chi connectivity index (χ0n) is 12.4. The van der Waals surface area contributed by atoms with E-state index in [4.69, 9.17) is 4.74 Å². The average molecular weight is 270 g/mol. The summed E-state index contributed by atoms with van der Waals surface area (Å²) in [5, 5.41) is 9.17. The lowest BCUT2D eigenvalue weighted by molar-refractivity contribution is 0.0529. The van der Waals surface area contributed by atoms with E-state index in [2.05, 4.69) is 20.9 Å². The minimum atomic E-state index is -0.462. The Balaban J connectivity index is 2.20. The highest BCUT2D eigenvalue weighted by Gasteiger charge is 2.22. The van der Waals surface area contributed by atoms with Crippen molar-refractivity contribution < 1.29 is 9.53 Å². The van der Waals surface area contributed by atoms with Crippen molar-refractivity contribution in [2.45, 2.75) is 52.2 Å². The van der Waals surface area contributed by atoms with Crippen LogP contribution < -0.4 is 16.0 Å². The first-order valence-electron chi connectivity index (χ1n) is 6.92. The molecule has 1 rings (SSSR count). The Labute approximate surface area is 115 Å². The van der Waals surface area contributed by atoms with Crippen LogP contribution in [0.4, 0.5) is 4.79 Å². The zero-order chi connectivity index (χ0) is 14.3. The molecule has 0 radical (unpaired) electrons. The van der Waals surface area contributed by atoms with Gasteiger partial charge in [0.15, 0.2) is 5.96 Å². The molecule has 0 atom stereocenters. The molecule has 0 bridgehead atoms. The van der Waals surface area contributed by atoms with Gasteiger partial charge in [-0.2, -0.15) is 0 Å². The van der Waals surface area contributed by atoms with E-state index in [1.165, 1.54) is 12.8 Å². The Morgan fingerprint density at radius 3 is 2.53 bits per heavy atom. The molecular formula is C13H26N4O2. The lowest BCUT2D eigenvalue weighted by Crippen LogP contribution is -2.39. The van der Waals surface area contributed by atoms with Crippen LogP contribution in [0.1, 0.15) is 40.5 Å². The predicted octanol–water partition coefficient (Wildman–Crippen LogP) is 1.23. The van der Waals surface area contributed by atoms with Crippen LogP contribution in [0.5, 0.6) is 0 Å². The van der Waals surface area contributed by atoms with Gasteiger partial charge in [0.1, 0.15) is 5.60 Å². The van der Waals surface area contributed by atoms with Crippen molar-refractivity contribution in [2.24, 2.45) is 4.99 Å². The Morgan fingerprint density at radius 1 is 1.32 bits per heavy atom. The number of hydrogen-bond donors (Lipinski definition) is 3. The molecule has 6 nitrogen and oxygen atoms in total. The number of nitrogens with zero attached hydrogens (tertiary/aromatic N) is 1. The maximum atomic E-state index is 11.4. The number of ether oxygens (including phenoxy) is 1. The number of aliphatic imine (C=N–C) groups is 1. The minimum absolute atomic E-state index is 0.400. The summed E-state index contributed by atoms with van der Waals surface area (Å²) < 4.78 is 5.14. The van der Waals surface area contributed by atoms with E-state index in [1.54, 1.807) is 0 Å². The molecule has 0 unspecified atom stereocenters. The molecular weight excluding hydrogens is 244 g/mol. The summed E-state index contributed by atoms with van der Waals surface area (Å²) in [4.78, 5) is 15.8. The highest BCUT2D eigenvalue weighted by atomic mass is 16.6. The van der Waals surface area contributed by atoms with Crippen molar-refractivity contribution in [1.82, 2.24) is 16.0 Å². The third kappa shape index (κ3) is 8.29. The monoisotopic (exact) mass is 270 g/mol. The first-order chi connectivity index (χ1) is 8.90. The van der Waals surface area contributed by atoms with Gasteiger partial charge in [-0.25, -0.2) is 4.79 Å². The Hall–Kier alpha value is -1.46. The predicted molar refractivity (Wildman–Crippen MR) is 76.4 cm³/mol. The maximum Gasteiger partial charge on any atom is 0.407 e. The van der Waals surface area contributed by atoms with Crippen molar-refractivity contribution in [3.8, 4) is 0 Å². The van der Waals surface area contributed by atoms with Gasteiger partial charge in [-0.3, -0.25) is 4.99 Å². The molecule has 0 aromatic heterocycles. The molecule has 1 amide bonds. The van der Waals surface area contributed by atoms with Gasteiger partial charge < -0.3 is 20.7 Å². The second-order valence-corrected chi connectivity index (χ2v) is 5.61. The second-order valence-electron chi connectivity index (χ2n) is 5.61. The number of carbonyl (C=O) groups excluding carboxylic acids is 1. The molecule has 1 aliphatic rings. The quantitative estimate of drug-likeness (QED) is 0.399. The van der Waals surface area contributed by atoms with Crippen LogP contribution in [0, 0.1) is 0 Å². The van der Waals surface area contributed by atoms with Gasteiger partial charge in [-0.15, -0.1) is 0 Å². The van der Waals surface area contributed by atoms with Gasteiger partial charge in [-0.1, -0.05) is 0 Å². The van der Waals surface area contributed by atoms with Crippen LogP contribution >= 0.6 is 0 Å². The van der Waals surface area contributed by atoms with Crippen LogP contribution in [-0.2, 0) is 4.74 Å². The SMILES string of the molecule is CCNC(=NCCNC(=O)OC(C)(C)C)NC1CC1. The third-order valence-corrected chi connectivity index (χ3v) is 2.31. The van der Waals surface area contributed by atoms with Crippen molar-refractivity contribution in [2.75, 3.05) is 19.6 Å². The summed E-state index contributed by atoms with van der Waals surface area (Å²) in [5.41, 5.74) is -0.462. The first-order valence-corrected chi connectivity index (χ1v) is 6.92. The highest BCUT2D eigenvalue weighted by molar-refractivity contribution is 5.80. The van der Waals surface area contributed by atoms with Crippen LogP contribution in [-0.4, -0.2) is 43.3 Å². The average Bonchev–Trinajstić information content (AvgIpc) is 3.06. The van der Waals surface area contributed by atoms with Crippen molar-refractivity contribution >= 4 is 12.1 Å². The molecule has 1 aliphatic carbocycles. The van der Waals surface area contributed by atoms with Gasteiger partial charge >= 0.3 is 6.09 Å². The molecule has 0 spiro atoms. The van der Waals surface area contributed by atoms with E-state index < -0.39 is 11.7 Å². The minimum Gasteiger partial charge on any atom is -0.444 e. The van der Waals surface area contributed by atoms with Crippen molar-refractivity contribution in [3.63, 3.8) is 0 Å². The number of rotatable bonds is 5. The van der Waals surface area contributed by atoms with Crippen LogP contribution in [0.15, 0.2) is 4.99 Å². The molecule has 0 heterocycles. The van der Waals surface area contributed by atoms with Crippen molar-refractivity contribution in [3.05, 3.63) is 0 Å². The molecule has 1 saturated carbocycles. The summed E-state index contributed by atoms with van der Waals surface area (Å²) in [6.45, 7) is 9.38. The largest absolute Gasteiger partial charge is 0.444 e. The van der Waals surface area contributed by atoms with E-state index in [1.807, 2.05) is 27.7 Å². The fraction of sp³-hybridized carbons (Fsp3) is 0.846. The van der Waals surface area contributed by atoms with Gasteiger partial charge in [0, 0.05) is 19.1 Å². The smallest absolute Gasteiger partial charge is 0.407 e. The molecule has 1 fully saturated rings. The number of amides is 1. The molecule has 110 valence electrons. The van der Waals surface area contributed by atoms with E-state index in [9.17, 15) is 4.79 Å². The van der Waals surface area contributed by atoms with Crippen LogP contribution in [0.2, 0.25) is 0 Å². The first kappa shape index (κ1) is 15.6. The number of hydrogen-bond acceptors (Lipinski definition) is 3. The summed E-state index contributed by atoms with van der Waals surface area (Å²) in [6.07, 6.45) is 2.02. The van der Waals surface area contributed by atoms with Gasteiger partial charge in [0.2, 0.25) is 0 Å². The van der Waals surface area contributed by atoms with Crippen LogP contribution in [0.3, 0.4) is 0 Å². The third-order valence-electron chi connectivity index (χ3n) is 2.31. The van der Waals surface area contributed by atoms with E-state index >= 15 is 0 Å². The molecule has 6 heteroatoms. The zero-order valence-corrected chi connectivity index (χ0v) is 12.4. The lowest BCUT2D eigenvalue weighted by atomic mass is 10.2. The summed E-state index contributed by atoms with van der Waals surface area (Å²) >= 11 is 0. The van der Waals surface area contributed by atoms with Gasteiger partial charge in [0.25, 0.3) is 0 Å². The fourth-order valence-electron chi connectivity index (χ4n) is 1.38. The van der Waals surface area contributed by atoms with E-state index in [0.717, 1.165) is 12.5 Å². The summed E-state index contributed by atoms with van der Waals surface area (Å²) in [6, 6.07) is 0.566. The fourth-order valence-corrected chi connectivity index (χ4v) is 1.38. The molecule has 19 heavy (non-hydrogen) atoms. The molecule has 0 saturated heterocycles. The Kier molecular flexibility index (Phi) is 5.92. The molecule has 0 aliphatic heterocycles. The maximum absolute atomic E-state index is 11.4. The number of nitrogens with one attached hydrogen (secondary N) is 3. The molecule has 0 aromatic carbocycles. The molecule has 3 N–H and O–H groups in total.